The van der Waals surface area contributed by atoms with Crippen LogP contribution in [0.3, 0.4) is 0 Å². The second-order valence-electron chi connectivity index (χ2n) is 5.51. The fraction of sp³-hybridized carbons (Fsp3) is 1.00. The number of nitrogens with one attached hydrogen (secondary N) is 1. The predicted molar refractivity (Wildman–Crippen MR) is 71.2 cm³/mol. The number of hydrogen-bond donors (Lipinski definition) is 2. The first-order valence-corrected chi connectivity index (χ1v) is 8.14. The molecule has 1 fully saturated rings. The summed E-state index contributed by atoms with van der Waals surface area (Å²) in [5.74, 6) is 0.986. The Balaban J connectivity index is 2.71. The Morgan fingerprint density at radius 3 is 2.35 bits per heavy atom. The molecule has 0 bridgehead atoms. The average molecular weight is 262 g/mol. The molecule has 102 valence electrons. The van der Waals surface area contributed by atoms with Crippen molar-refractivity contribution < 1.29 is 8.42 Å². The first-order valence-electron chi connectivity index (χ1n) is 6.59. The minimum atomic E-state index is -3.25. The SMILES string of the molecule is CC(C)C1CCCCC1NS(=O)(=O)C(C)CN. The van der Waals surface area contributed by atoms with Crippen molar-refractivity contribution >= 4 is 10.0 Å². The molecule has 3 N–H and O–H groups in total. The van der Waals surface area contributed by atoms with Gasteiger partial charge in [-0.1, -0.05) is 26.7 Å². The zero-order valence-corrected chi connectivity index (χ0v) is 12.0. The first kappa shape index (κ1) is 14.9. The van der Waals surface area contributed by atoms with Gasteiger partial charge in [-0.05, 0) is 31.6 Å². The average Bonchev–Trinajstić information content (AvgIpc) is 2.27. The van der Waals surface area contributed by atoms with Crippen LogP contribution in [0.5, 0.6) is 0 Å². The molecule has 0 aromatic carbocycles. The van der Waals surface area contributed by atoms with E-state index in [1.165, 1.54) is 6.42 Å². The van der Waals surface area contributed by atoms with Crippen molar-refractivity contribution in [3.05, 3.63) is 0 Å². The Morgan fingerprint density at radius 1 is 1.24 bits per heavy atom. The summed E-state index contributed by atoms with van der Waals surface area (Å²) in [6.45, 7) is 6.18. The van der Waals surface area contributed by atoms with Crippen molar-refractivity contribution in [2.24, 2.45) is 17.6 Å². The van der Waals surface area contributed by atoms with Crippen LogP contribution in [0, 0.1) is 11.8 Å². The van der Waals surface area contributed by atoms with E-state index in [1.54, 1.807) is 6.92 Å². The van der Waals surface area contributed by atoms with Crippen molar-refractivity contribution in [2.75, 3.05) is 6.54 Å². The Bertz CT molecular complexity index is 327. The molecule has 0 aromatic heterocycles. The van der Waals surface area contributed by atoms with Gasteiger partial charge in [-0.15, -0.1) is 0 Å². The van der Waals surface area contributed by atoms with Crippen molar-refractivity contribution in [3.8, 4) is 0 Å². The maximum absolute atomic E-state index is 12.0. The minimum Gasteiger partial charge on any atom is -0.329 e. The molecule has 0 saturated heterocycles. The summed E-state index contributed by atoms with van der Waals surface area (Å²) in [7, 11) is -3.25. The predicted octanol–water partition coefficient (Wildman–Crippen LogP) is 1.47. The van der Waals surface area contributed by atoms with Crippen LogP contribution in [0.1, 0.15) is 46.5 Å². The lowest BCUT2D eigenvalue weighted by molar-refractivity contribution is 0.226. The maximum Gasteiger partial charge on any atom is 0.215 e. The van der Waals surface area contributed by atoms with Gasteiger partial charge in [0.15, 0.2) is 0 Å². The van der Waals surface area contributed by atoms with E-state index in [-0.39, 0.29) is 12.6 Å². The van der Waals surface area contributed by atoms with Crippen LogP contribution in [-0.4, -0.2) is 26.3 Å². The van der Waals surface area contributed by atoms with Gasteiger partial charge in [0.2, 0.25) is 10.0 Å². The van der Waals surface area contributed by atoms with Gasteiger partial charge in [-0.3, -0.25) is 0 Å². The molecule has 1 aliphatic carbocycles. The van der Waals surface area contributed by atoms with E-state index in [4.69, 9.17) is 5.73 Å². The zero-order chi connectivity index (χ0) is 13.1. The highest BCUT2D eigenvalue weighted by molar-refractivity contribution is 7.90. The maximum atomic E-state index is 12.0. The van der Waals surface area contributed by atoms with Gasteiger partial charge in [0.25, 0.3) is 0 Å². The van der Waals surface area contributed by atoms with Crippen molar-refractivity contribution in [2.45, 2.75) is 57.7 Å². The Labute approximate surface area is 105 Å². The van der Waals surface area contributed by atoms with Crippen LogP contribution in [0.25, 0.3) is 0 Å². The summed E-state index contributed by atoms with van der Waals surface area (Å²) >= 11 is 0. The lowest BCUT2D eigenvalue weighted by Gasteiger charge is -2.35. The van der Waals surface area contributed by atoms with Crippen LogP contribution in [-0.2, 0) is 10.0 Å². The lowest BCUT2D eigenvalue weighted by atomic mass is 9.78. The molecular weight excluding hydrogens is 236 g/mol. The summed E-state index contributed by atoms with van der Waals surface area (Å²) in [6, 6.07) is 0.0998. The summed E-state index contributed by atoms with van der Waals surface area (Å²) < 4.78 is 26.9. The highest BCUT2D eigenvalue weighted by Gasteiger charge is 2.32. The molecule has 0 aromatic rings. The summed E-state index contributed by atoms with van der Waals surface area (Å²) in [6.07, 6.45) is 4.42. The van der Waals surface area contributed by atoms with E-state index in [0.29, 0.717) is 11.8 Å². The quantitative estimate of drug-likeness (QED) is 0.788. The van der Waals surface area contributed by atoms with E-state index in [2.05, 4.69) is 18.6 Å². The summed E-state index contributed by atoms with van der Waals surface area (Å²) in [5.41, 5.74) is 5.44. The van der Waals surface area contributed by atoms with E-state index in [9.17, 15) is 8.42 Å². The molecule has 0 amide bonds. The van der Waals surface area contributed by atoms with Gasteiger partial charge < -0.3 is 5.73 Å². The summed E-state index contributed by atoms with van der Waals surface area (Å²) in [4.78, 5) is 0. The van der Waals surface area contributed by atoms with Crippen molar-refractivity contribution in [3.63, 3.8) is 0 Å². The van der Waals surface area contributed by atoms with Gasteiger partial charge in [-0.25, -0.2) is 13.1 Å². The smallest absolute Gasteiger partial charge is 0.215 e. The van der Waals surface area contributed by atoms with Crippen LogP contribution >= 0.6 is 0 Å². The largest absolute Gasteiger partial charge is 0.329 e. The van der Waals surface area contributed by atoms with E-state index < -0.39 is 15.3 Å². The third kappa shape index (κ3) is 3.93. The standard InChI is InChI=1S/C12H26N2O2S/c1-9(2)11-6-4-5-7-12(11)14-17(15,16)10(3)8-13/h9-12,14H,4-8,13H2,1-3H3. The normalized spacial score (nSPS) is 28.3. The molecular formula is C12H26N2O2S. The van der Waals surface area contributed by atoms with Crippen LogP contribution in [0.2, 0.25) is 0 Å². The minimum absolute atomic E-state index is 0.0998. The molecule has 0 aliphatic heterocycles. The van der Waals surface area contributed by atoms with Gasteiger partial charge >= 0.3 is 0 Å². The molecule has 0 radical (unpaired) electrons. The number of nitrogens with two attached hydrogens (primary N) is 1. The van der Waals surface area contributed by atoms with E-state index >= 15 is 0 Å². The molecule has 0 spiro atoms. The van der Waals surface area contributed by atoms with Crippen LogP contribution in [0.15, 0.2) is 0 Å². The molecule has 4 nitrogen and oxygen atoms in total. The Kier molecular flexibility index (Phi) is 5.41. The van der Waals surface area contributed by atoms with Crippen LogP contribution in [0.4, 0.5) is 0 Å². The van der Waals surface area contributed by atoms with Gasteiger partial charge in [0.1, 0.15) is 0 Å². The number of sulfonamides is 1. The van der Waals surface area contributed by atoms with Crippen molar-refractivity contribution in [1.82, 2.24) is 4.72 Å². The van der Waals surface area contributed by atoms with Crippen LogP contribution < -0.4 is 10.5 Å². The monoisotopic (exact) mass is 262 g/mol. The van der Waals surface area contributed by atoms with Crippen molar-refractivity contribution in [1.29, 1.82) is 0 Å². The fourth-order valence-electron chi connectivity index (χ4n) is 2.56. The molecule has 3 atom stereocenters. The molecule has 0 heterocycles. The second-order valence-corrected chi connectivity index (χ2v) is 7.64. The first-order chi connectivity index (χ1) is 7.88. The zero-order valence-electron chi connectivity index (χ0n) is 11.1. The van der Waals surface area contributed by atoms with E-state index in [0.717, 1.165) is 19.3 Å². The third-order valence-electron chi connectivity index (χ3n) is 3.85. The highest BCUT2D eigenvalue weighted by Crippen LogP contribution is 2.30. The molecule has 1 aliphatic rings. The molecule has 1 saturated carbocycles. The fourth-order valence-corrected chi connectivity index (χ4v) is 3.76. The molecule has 5 heteroatoms. The lowest BCUT2D eigenvalue weighted by Crippen LogP contribution is -2.48. The Morgan fingerprint density at radius 2 is 1.82 bits per heavy atom. The van der Waals surface area contributed by atoms with E-state index in [1.807, 2.05) is 0 Å². The molecule has 17 heavy (non-hydrogen) atoms. The van der Waals surface area contributed by atoms with Gasteiger partial charge in [0.05, 0.1) is 5.25 Å². The van der Waals surface area contributed by atoms with Gasteiger partial charge in [0, 0.05) is 12.6 Å². The highest BCUT2D eigenvalue weighted by atomic mass is 32.2. The second kappa shape index (κ2) is 6.16. The Hall–Kier alpha value is -0.130. The summed E-state index contributed by atoms with van der Waals surface area (Å²) in [5, 5.41) is -0.503. The molecule has 3 unspecified atom stereocenters. The number of rotatable bonds is 5. The third-order valence-corrected chi connectivity index (χ3v) is 5.74. The topological polar surface area (TPSA) is 72.2 Å². The number of hydrogen-bond acceptors (Lipinski definition) is 3. The molecule has 1 rings (SSSR count). The van der Waals surface area contributed by atoms with Gasteiger partial charge in [-0.2, -0.15) is 0 Å².